The van der Waals surface area contributed by atoms with Crippen molar-refractivity contribution in [1.29, 1.82) is 0 Å². The van der Waals surface area contributed by atoms with Gasteiger partial charge in [0, 0.05) is 63.5 Å². The van der Waals surface area contributed by atoms with Crippen molar-refractivity contribution in [3.8, 4) is 0 Å². The summed E-state index contributed by atoms with van der Waals surface area (Å²) < 4.78 is 49.6. The summed E-state index contributed by atoms with van der Waals surface area (Å²) in [6.45, 7) is 9.33. The summed E-state index contributed by atoms with van der Waals surface area (Å²) in [6, 6.07) is 10.9. The summed E-state index contributed by atoms with van der Waals surface area (Å²) in [4.78, 5) is 114. The molecule has 4 bridgehead atoms. The molecule has 328 valence electrons. The van der Waals surface area contributed by atoms with Crippen molar-refractivity contribution >= 4 is 47.8 Å². The Labute approximate surface area is 352 Å². The van der Waals surface area contributed by atoms with Crippen molar-refractivity contribution in [2.24, 2.45) is 34.0 Å². The molecule has 61 heavy (non-hydrogen) atoms. The van der Waals surface area contributed by atoms with Crippen LogP contribution in [0.3, 0.4) is 0 Å². The van der Waals surface area contributed by atoms with Crippen LogP contribution in [0.25, 0.3) is 0 Å². The number of carbonyl (C=O) groups excluding carboxylic acids is 8. The zero-order chi connectivity index (χ0) is 44.6. The Morgan fingerprint density at radius 2 is 1.36 bits per heavy atom. The van der Waals surface area contributed by atoms with Crippen LogP contribution in [0.2, 0.25) is 0 Å². The Morgan fingerprint density at radius 1 is 0.754 bits per heavy atom. The molecule has 2 aromatic rings. The van der Waals surface area contributed by atoms with E-state index >= 15 is 0 Å². The standard InChI is InChI=1S/C44H51NO16/c1-22-16-17-31-30(15-12-18-45-31)41(53)55-20-42(8)19-43-23(2)33(60-39(22)51)35(61-40(52)29-13-10-9-11-14-29)38(59-28(7)50)44(43,21-54-24(3)46)37(58-27(6)49)34(56-25(4)47)32(42)36(43)57-26(5)48/h9-15,18,22-23,32-38H,16-17,19-21H2,1-8H3. The van der Waals surface area contributed by atoms with Gasteiger partial charge >= 0.3 is 47.8 Å². The summed E-state index contributed by atoms with van der Waals surface area (Å²) >= 11 is 0. The van der Waals surface area contributed by atoms with Gasteiger partial charge in [-0.15, -0.1) is 0 Å². The van der Waals surface area contributed by atoms with Crippen LogP contribution in [-0.2, 0) is 73.1 Å². The normalized spacial score (nSPS) is 34.1. The predicted molar refractivity (Wildman–Crippen MR) is 207 cm³/mol. The van der Waals surface area contributed by atoms with Gasteiger partial charge in [0.05, 0.1) is 34.8 Å². The van der Waals surface area contributed by atoms with E-state index in [1.807, 2.05) is 0 Å². The highest BCUT2D eigenvalue weighted by atomic mass is 16.6. The van der Waals surface area contributed by atoms with Crippen molar-refractivity contribution in [3.63, 3.8) is 0 Å². The van der Waals surface area contributed by atoms with Gasteiger partial charge in [0.2, 0.25) is 0 Å². The van der Waals surface area contributed by atoms with Crippen molar-refractivity contribution < 1.29 is 76.3 Å². The summed E-state index contributed by atoms with van der Waals surface area (Å²) in [7, 11) is 0. The molecule has 1 aromatic carbocycles. The van der Waals surface area contributed by atoms with Crippen LogP contribution in [0.4, 0.5) is 0 Å². The fourth-order valence-electron chi connectivity index (χ4n) is 10.6. The number of nitrogens with zero attached hydrogens (tertiary/aromatic N) is 1. The molecule has 1 aliphatic heterocycles. The number of rotatable bonds is 8. The number of benzene rings is 1. The minimum atomic E-state index is -2.14. The fraction of sp³-hybridized carbons (Fsp3) is 0.568. The third-order valence-corrected chi connectivity index (χ3v) is 12.9. The first-order valence-corrected chi connectivity index (χ1v) is 20.2. The van der Waals surface area contributed by atoms with Crippen LogP contribution in [-0.4, -0.2) is 103 Å². The zero-order valence-electron chi connectivity index (χ0n) is 35.3. The van der Waals surface area contributed by atoms with Crippen LogP contribution in [0.1, 0.15) is 94.6 Å². The fourth-order valence-corrected chi connectivity index (χ4v) is 10.6. The second-order valence-corrected chi connectivity index (χ2v) is 16.8. The van der Waals surface area contributed by atoms with Gasteiger partial charge in [-0.1, -0.05) is 39.0 Å². The molecule has 1 aromatic heterocycles. The van der Waals surface area contributed by atoms with Gasteiger partial charge in [-0.3, -0.25) is 33.8 Å². The number of fused-ring (bicyclic) bond motifs is 5. The van der Waals surface area contributed by atoms with Crippen molar-refractivity contribution in [2.45, 2.75) is 111 Å². The quantitative estimate of drug-likeness (QED) is 0.271. The average Bonchev–Trinajstić information content (AvgIpc) is 3.41. The van der Waals surface area contributed by atoms with E-state index in [1.165, 1.54) is 24.4 Å². The number of ether oxygens (including phenoxy) is 8. The maximum Gasteiger partial charge on any atom is 0.340 e. The monoisotopic (exact) mass is 849 g/mol. The number of hydrogen-bond acceptors (Lipinski definition) is 17. The smallest absolute Gasteiger partial charge is 0.340 e. The van der Waals surface area contributed by atoms with Gasteiger partial charge in [-0.2, -0.15) is 0 Å². The molecule has 0 N–H and O–H groups in total. The third kappa shape index (κ3) is 8.06. The SMILES string of the molecule is CC(=O)OCC12C(OC(C)=O)C(OC(=O)c3ccccc3)C3OC(=O)C(C)CCc4ncccc4C(=O)OCC4(C)CC1(C3C)C(OC(C)=O)C4C(OC(C)=O)C2OC(C)=O. The van der Waals surface area contributed by atoms with E-state index in [1.54, 1.807) is 45.0 Å². The molecule has 17 heteroatoms. The molecule has 2 heterocycles. The molecule has 12 unspecified atom stereocenters. The Hall–Kier alpha value is -5.87. The molecule has 12 atom stereocenters. The van der Waals surface area contributed by atoms with Crippen LogP contribution >= 0.6 is 0 Å². The highest BCUT2D eigenvalue weighted by molar-refractivity contribution is 5.91. The molecule has 3 fully saturated rings. The number of hydrogen-bond donors (Lipinski definition) is 0. The maximum atomic E-state index is 14.4. The van der Waals surface area contributed by atoms with Gasteiger partial charge in [0.15, 0.2) is 18.3 Å². The number of aromatic nitrogens is 1. The van der Waals surface area contributed by atoms with Gasteiger partial charge in [0.1, 0.15) is 24.9 Å². The number of cyclic esters (lactones) is 1. The zero-order valence-corrected chi connectivity index (χ0v) is 35.3. The number of aryl methyl sites for hydroxylation is 1. The van der Waals surface area contributed by atoms with Crippen molar-refractivity contribution in [1.82, 2.24) is 4.98 Å². The van der Waals surface area contributed by atoms with Crippen LogP contribution < -0.4 is 0 Å². The number of pyridine rings is 1. The molecule has 1 spiro atoms. The summed E-state index contributed by atoms with van der Waals surface area (Å²) in [5.41, 5.74) is -4.74. The van der Waals surface area contributed by atoms with Gasteiger partial charge in [-0.05, 0) is 43.5 Å². The molecule has 3 aliphatic carbocycles. The third-order valence-electron chi connectivity index (χ3n) is 12.9. The summed E-state index contributed by atoms with van der Waals surface area (Å²) in [6.07, 6.45) is -8.18. The molecule has 17 nitrogen and oxygen atoms in total. The number of carbonyl (C=O) groups is 8. The molecule has 4 aliphatic rings. The van der Waals surface area contributed by atoms with Crippen molar-refractivity contribution in [3.05, 3.63) is 65.5 Å². The lowest BCUT2D eigenvalue weighted by molar-refractivity contribution is -0.333. The Balaban J connectivity index is 1.74. The van der Waals surface area contributed by atoms with E-state index in [2.05, 4.69) is 4.98 Å². The lowest BCUT2D eigenvalue weighted by Crippen LogP contribution is -2.80. The van der Waals surface area contributed by atoms with E-state index in [0.29, 0.717) is 5.69 Å². The van der Waals surface area contributed by atoms with Gasteiger partial charge in [0.25, 0.3) is 0 Å². The largest absolute Gasteiger partial charge is 0.465 e. The molecular formula is C44H51NO16. The van der Waals surface area contributed by atoms with Crippen LogP contribution in [0, 0.1) is 34.0 Å². The second kappa shape index (κ2) is 17.2. The van der Waals surface area contributed by atoms with E-state index in [-0.39, 0.29) is 30.4 Å². The minimum absolute atomic E-state index is 0.0696. The average molecular weight is 850 g/mol. The van der Waals surface area contributed by atoms with Crippen LogP contribution in [0.15, 0.2) is 48.7 Å². The van der Waals surface area contributed by atoms with E-state index in [9.17, 15) is 38.4 Å². The van der Waals surface area contributed by atoms with Crippen LogP contribution in [0.5, 0.6) is 0 Å². The first-order valence-electron chi connectivity index (χ1n) is 20.2. The van der Waals surface area contributed by atoms with Crippen molar-refractivity contribution in [2.75, 3.05) is 13.2 Å². The first-order chi connectivity index (χ1) is 28.8. The van der Waals surface area contributed by atoms with E-state index in [4.69, 9.17) is 37.9 Å². The summed E-state index contributed by atoms with van der Waals surface area (Å²) in [5.74, 6) is -9.95. The lowest BCUT2D eigenvalue weighted by atomic mass is 9.42. The predicted octanol–water partition coefficient (Wildman–Crippen LogP) is 3.91. The highest BCUT2D eigenvalue weighted by Crippen LogP contribution is 2.75. The Morgan fingerprint density at radius 3 is 1.97 bits per heavy atom. The van der Waals surface area contributed by atoms with Gasteiger partial charge in [-0.25, -0.2) is 9.59 Å². The lowest BCUT2D eigenvalue weighted by Gasteiger charge is -2.67. The van der Waals surface area contributed by atoms with E-state index < -0.39 is 132 Å². The number of esters is 8. The minimum Gasteiger partial charge on any atom is -0.465 e. The Kier molecular flexibility index (Phi) is 12.6. The Bertz CT molecular complexity index is 2090. The van der Waals surface area contributed by atoms with Gasteiger partial charge < -0.3 is 37.9 Å². The molecule has 0 radical (unpaired) electrons. The first kappa shape index (κ1) is 44.7. The topological polar surface area (TPSA) is 223 Å². The second-order valence-electron chi connectivity index (χ2n) is 16.8. The highest BCUT2D eigenvalue weighted by Gasteiger charge is 2.86. The maximum absolute atomic E-state index is 14.4. The van der Waals surface area contributed by atoms with E-state index in [0.717, 1.165) is 34.6 Å². The molecule has 6 rings (SSSR count). The molecule has 0 amide bonds. The molecule has 3 saturated carbocycles. The molecular weight excluding hydrogens is 798 g/mol. The summed E-state index contributed by atoms with van der Waals surface area (Å²) in [5, 5.41) is 0. The molecule has 0 saturated heterocycles.